The normalized spacial score (nSPS) is 10.4. The highest BCUT2D eigenvalue weighted by Crippen LogP contribution is 2.30. The summed E-state index contributed by atoms with van der Waals surface area (Å²) in [4.78, 5) is 24.6. The highest BCUT2D eigenvalue weighted by molar-refractivity contribution is 9.10. The van der Waals surface area contributed by atoms with E-state index in [0.29, 0.717) is 27.8 Å². The molecular weight excluding hydrogens is 518 g/mol. The summed E-state index contributed by atoms with van der Waals surface area (Å²) >= 11 is 9.34. The van der Waals surface area contributed by atoms with Gasteiger partial charge in [-0.15, -0.1) is 0 Å². The molecule has 4 rings (SSSR count). The van der Waals surface area contributed by atoms with Gasteiger partial charge in [-0.05, 0) is 87.7 Å². The zero-order valence-electron chi connectivity index (χ0n) is 17.8. The van der Waals surface area contributed by atoms with Crippen LogP contribution in [-0.4, -0.2) is 18.5 Å². The van der Waals surface area contributed by atoms with Crippen LogP contribution < -0.4 is 14.8 Å². The van der Waals surface area contributed by atoms with Crippen LogP contribution in [0.1, 0.15) is 10.4 Å². The molecule has 0 aliphatic heterocycles. The van der Waals surface area contributed by atoms with Crippen LogP contribution in [0.5, 0.6) is 11.5 Å². The Morgan fingerprint density at radius 1 is 0.824 bits per heavy atom. The zero-order chi connectivity index (χ0) is 23.9. The van der Waals surface area contributed by atoms with Crippen molar-refractivity contribution in [3.63, 3.8) is 0 Å². The third-order valence-corrected chi connectivity index (χ3v) is 5.71. The number of amides is 1. The predicted octanol–water partition coefficient (Wildman–Crippen LogP) is 7.01. The number of hydrogen-bond acceptors (Lipinski definition) is 4. The average Bonchev–Trinajstić information content (AvgIpc) is 2.85. The van der Waals surface area contributed by atoms with Gasteiger partial charge in [-0.2, -0.15) is 0 Å². The van der Waals surface area contributed by atoms with E-state index in [1.807, 2.05) is 42.5 Å². The molecular formula is C27H19BrClNO4. The third-order valence-electron chi connectivity index (χ3n) is 4.83. The van der Waals surface area contributed by atoms with Gasteiger partial charge in [0.05, 0.1) is 4.47 Å². The number of halogens is 2. The molecule has 1 amide bonds. The molecule has 7 heteroatoms. The zero-order valence-corrected chi connectivity index (χ0v) is 20.2. The van der Waals surface area contributed by atoms with Crippen molar-refractivity contribution in [2.45, 2.75) is 0 Å². The molecule has 5 nitrogen and oxygen atoms in total. The van der Waals surface area contributed by atoms with Gasteiger partial charge in [0, 0.05) is 16.3 Å². The summed E-state index contributed by atoms with van der Waals surface area (Å²) in [7, 11) is 0. The molecule has 0 atom stereocenters. The van der Waals surface area contributed by atoms with Crippen LogP contribution >= 0.6 is 27.5 Å². The van der Waals surface area contributed by atoms with Gasteiger partial charge in [0.25, 0.3) is 5.91 Å². The van der Waals surface area contributed by atoms with Crippen molar-refractivity contribution in [3.8, 4) is 22.6 Å². The predicted molar refractivity (Wildman–Crippen MR) is 137 cm³/mol. The first-order valence-corrected chi connectivity index (χ1v) is 11.5. The fraction of sp³-hybridized carbons (Fsp3) is 0.0370. The van der Waals surface area contributed by atoms with E-state index in [0.717, 1.165) is 15.6 Å². The summed E-state index contributed by atoms with van der Waals surface area (Å²) in [6.45, 7) is -0.262. The molecule has 0 saturated heterocycles. The summed E-state index contributed by atoms with van der Waals surface area (Å²) in [6.07, 6.45) is 0. The molecule has 34 heavy (non-hydrogen) atoms. The number of nitrogens with one attached hydrogen (secondary N) is 1. The summed E-state index contributed by atoms with van der Waals surface area (Å²) in [5, 5.41) is 3.36. The summed E-state index contributed by atoms with van der Waals surface area (Å²) in [5.41, 5.74) is 3.17. The molecule has 0 aromatic heterocycles. The number of esters is 1. The van der Waals surface area contributed by atoms with E-state index < -0.39 is 5.97 Å². The minimum atomic E-state index is -0.558. The Kier molecular flexibility index (Phi) is 7.62. The Balaban J connectivity index is 1.30. The molecule has 0 heterocycles. The number of anilines is 1. The quantitative estimate of drug-likeness (QED) is 0.204. The van der Waals surface area contributed by atoms with Gasteiger partial charge in [0.15, 0.2) is 6.61 Å². The Morgan fingerprint density at radius 2 is 1.53 bits per heavy atom. The minimum absolute atomic E-state index is 0.262. The number of rotatable bonds is 7. The van der Waals surface area contributed by atoms with Gasteiger partial charge in [-0.3, -0.25) is 4.79 Å². The molecule has 0 aliphatic carbocycles. The molecule has 0 unspecified atom stereocenters. The van der Waals surface area contributed by atoms with Gasteiger partial charge in [0.1, 0.15) is 11.5 Å². The lowest BCUT2D eigenvalue weighted by atomic mass is 10.1. The molecule has 0 saturated carbocycles. The minimum Gasteiger partial charge on any atom is -0.481 e. The van der Waals surface area contributed by atoms with E-state index in [-0.39, 0.29) is 12.5 Å². The number of ether oxygens (including phenoxy) is 2. The standard InChI is InChI=1S/C27H19BrClNO4/c28-24-16-20(18-4-2-1-3-5-18)8-15-25(24)33-17-26(31)34-23-13-6-19(7-14-23)27(32)30-22-11-9-21(29)10-12-22/h1-16H,17H2,(H,30,32). The van der Waals surface area contributed by atoms with Crippen LogP contribution in [0.3, 0.4) is 0 Å². The van der Waals surface area contributed by atoms with Crippen LogP contribution in [0.4, 0.5) is 5.69 Å². The van der Waals surface area contributed by atoms with Crippen molar-refractivity contribution in [2.24, 2.45) is 0 Å². The van der Waals surface area contributed by atoms with E-state index >= 15 is 0 Å². The molecule has 4 aromatic carbocycles. The number of benzene rings is 4. The fourth-order valence-electron chi connectivity index (χ4n) is 3.14. The summed E-state index contributed by atoms with van der Waals surface area (Å²) in [5.74, 6) is 0.00529. The van der Waals surface area contributed by atoms with Gasteiger partial charge < -0.3 is 14.8 Å². The van der Waals surface area contributed by atoms with Crippen LogP contribution in [0.15, 0.2) is 102 Å². The van der Waals surface area contributed by atoms with Crippen molar-refractivity contribution >= 4 is 45.1 Å². The molecule has 0 fully saturated rings. The van der Waals surface area contributed by atoms with E-state index in [1.54, 1.807) is 54.6 Å². The summed E-state index contributed by atoms with van der Waals surface area (Å²) < 4.78 is 11.6. The van der Waals surface area contributed by atoms with E-state index in [1.165, 1.54) is 0 Å². The monoisotopic (exact) mass is 535 g/mol. The van der Waals surface area contributed by atoms with Crippen molar-refractivity contribution in [3.05, 3.63) is 112 Å². The van der Waals surface area contributed by atoms with Crippen LogP contribution in [0.25, 0.3) is 11.1 Å². The number of carbonyl (C=O) groups is 2. The Bertz CT molecular complexity index is 1290. The van der Waals surface area contributed by atoms with Gasteiger partial charge in [0.2, 0.25) is 0 Å². The topological polar surface area (TPSA) is 64.6 Å². The number of hydrogen-bond donors (Lipinski definition) is 1. The molecule has 1 N–H and O–H groups in total. The molecule has 0 radical (unpaired) electrons. The first-order chi connectivity index (χ1) is 16.5. The van der Waals surface area contributed by atoms with Gasteiger partial charge in [-0.25, -0.2) is 4.79 Å². The third kappa shape index (κ3) is 6.25. The Hall–Kier alpha value is -3.61. The van der Waals surface area contributed by atoms with E-state index in [9.17, 15) is 9.59 Å². The average molecular weight is 537 g/mol. The van der Waals surface area contributed by atoms with E-state index in [2.05, 4.69) is 21.2 Å². The first kappa shape index (κ1) is 23.5. The molecule has 0 aliphatic rings. The van der Waals surface area contributed by atoms with Crippen molar-refractivity contribution < 1.29 is 19.1 Å². The lowest BCUT2D eigenvalue weighted by molar-refractivity contribution is -0.136. The number of carbonyl (C=O) groups excluding carboxylic acids is 2. The summed E-state index contributed by atoms with van der Waals surface area (Å²) in [6, 6.07) is 28.7. The maximum absolute atomic E-state index is 12.4. The Morgan fingerprint density at radius 3 is 2.21 bits per heavy atom. The molecule has 0 spiro atoms. The molecule has 170 valence electrons. The van der Waals surface area contributed by atoms with Crippen molar-refractivity contribution in [1.29, 1.82) is 0 Å². The van der Waals surface area contributed by atoms with Crippen molar-refractivity contribution in [1.82, 2.24) is 0 Å². The lowest BCUT2D eigenvalue weighted by Crippen LogP contribution is -2.18. The largest absolute Gasteiger partial charge is 0.481 e. The highest BCUT2D eigenvalue weighted by Gasteiger charge is 2.11. The maximum Gasteiger partial charge on any atom is 0.349 e. The second-order valence-corrected chi connectivity index (χ2v) is 8.55. The van der Waals surface area contributed by atoms with Crippen LogP contribution in [0.2, 0.25) is 5.02 Å². The SMILES string of the molecule is O=C(COc1ccc(-c2ccccc2)cc1Br)Oc1ccc(C(=O)Nc2ccc(Cl)cc2)cc1. The first-order valence-electron chi connectivity index (χ1n) is 10.3. The van der Waals surface area contributed by atoms with Crippen LogP contribution in [-0.2, 0) is 4.79 Å². The highest BCUT2D eigenvalue weighted by atomic mass is 79.9. The smallest absolute Gasteiger partial charge is 0.349 e. The van der Waals surface area contributed by atoms with Gasteiger partial charge in [-0.1, -0.05) is 48.0 Å². The van der Waals surface area contributed by atoms with Crippen molar-refractivity contribution in [2.75, 3.05) is 11.9 Å². The van der Waals surface area contributed by atoms with Crippen LogP contribution in [0, 0.1) is 0 Å². The maximum atomic E-state index is 12.4. The lowest BCUT2D eigenvalue weighted by Gasteiger charge is -2.10. The fourth-order valence-corrected chi connectivity index (χ4v) is 3.76. The molecule has 4 aromatic rings. The Labute approximate surface area is 210 Å². The molecule has 0 bridgehead atoms. The van der Waals surface area contributed by atoms with E-state index in [4.69, 9.17) is 21.1 Å². The second-order valence-electron chi connectivity index (χ2n) is 7.26. The van der Waals surface area contributed by atoms with Gasteiger partial charge >= 0.3 is 5.97 Å². The second kappa shape index (κ2) is 11.0.